The van der Waals surface area contributed by atoms with Crippen LogP contribution in [0.4, 0.5) is 5.69 Å². The van der Waals surface area contributed by atoms with Gasteiger partial charge in [0.25, 0.3) is 5.69 Å². The molecular formula is C16H15NO5. The smallest absolute Gasteiger partial charge is 0.337 e. The van der Waals surface area contributed by atoms with E-state index in [1.54, 1.807) is 30.3 Å². The lowest BCUT2D eigenvalue weighted by atomic mass is 10.1. The van der Waals surface area contributed by atoms with E-state index in [0.717, 1.165) is 5.56 Å². The summed E-state index contributed by atoms with van der Waals surface area (Å²) in [5, 5.41) is 10.5. The van der Waals surface area contributed by atoms with Gasteiger partial charge in [0.15, 0.2) is 0 Å². The maximum absolute atomic E-state index is 11.4. The molecule has 0 heterocycles. The number of rotatable bonds is 6. The summed E-state index contributed by atoms with van der Waals surface area (Å²) in [6.45, 7) is 0.405. The monoisotopic (exact) mass is 301 g/mol. The lowest BCUT2D eigenvalue weighted by molar-refractivity contribution is -0.384. The zero-order chi connectivity index (χ0) is 15.9. The van der Waals surface area contributed by atoms with Crippen molar-refractivity contribution >= 4 is 11.7 Å². The van der Waals surface area contributed by atoms with Crippen molar-refractivity contribution in [3.05, 3.63) is 69.8 Å². The lowest BCUT2D eigenvalue weighted by Crippen LogP contribution is -2.04. The van der Waals surface area contributed by atoms with Crippen LogP contribution in [0.5, 0.6) is 5.75 Å². The number of benzene rings is 2. The standard InChI is InChI=1S/C16H15NO5/c1-21-16(18)13-4-2-3-12(11-13)9-10-22-15-7-5-14(6-8-15)17(19)20/h2-8,11H,9-10H2,1H3. The molecule has 0 aliphatic rings. The van der Waals surface area contributed by atoms with Crippen LogP contribution in [0.15, 0.2) is 48.5 Å². The summed E-state index contributed by atoms with van der Waals surface area (Å²) < 4.78 is 10.2. The molecule has 0 fully saturated rings. The largest absolute Gasteiger partial charge is 0.493 e. The molecule has 0 aliphatic carbocycles. The van der Waals surface area contributed by atoms with Crippen LogP contribution in [0.3, 0.4) is 0 Å². The minimum absolute atomic E-state index is 0.0260. The fourth-order valence-corrected chi connectivity index (χ4v) is 1.92. The summed E-state index contributed by atoms with van der Waals surface area (Å²) in [5.41, 5.74) is 1.47. The zero-order valence-electron chi connectivity index (χ0n) is 12.0. The van der Waals surface area contributed by atoms with Crippen LogP contribution in [-0.2, 0) is 11.2 Å². The van der Waals surface area contributed by atoms with Crippen LogP contribution in [0.25, 0.3) is 0 Å². The summed E-state index contributed by atoms with van der Waals surface area (Å²) in [6, 6.07) is 13.0. The number of hydrogen-bond donors (Lipinski definition) is 0. The molecule has 0 unspecified atom stereocenters. The first-order valence-corrected chi connectivity index (χ1v) is 6.64. The molecule has 0 spiro atoms. The first-order valence-electron chi connectivity index (χ1n) is 6.64. The summed E-state index contributed by atoms with van der Waals surface area (Å²) in [4.78, 5) is 21.5. The fourth-order valence-electron chi connectivity index (χ4n) is 1.92. The Morgan fingerprint density at radius 3 is 2.55 bits per heavy atom. The molecule has 6 nitrogen and oxygen atoms in total. The molecule has 0 saturated carbocycles. The molecular weight excluding hydrogens is 286 g/mol. The number of nitrogens with zero attached hydrogens (tertiary/aromatic N) is 1. The van der Waals surface area contributed by atoms with Crippen LogP contribution >= 0.6 is 0 Å². The number of nitro groups is 1. The first kappa shape index (κ1) is 15.5. The second kappa shape index (κ2) is 7.21. The average molecular weight is 301 g/mol. The molecule has 0 amide bonds. The van der Waals surface area contributed by atoms with Crippen molar-refractivity contribution in [1.82, 2.24) is 0 Å². The normalized spacial score (nSPS) is 10.0. The van der Waals surface area contributed by atoms with Crippen LogP contribution < -0.4 is 4.74 Å². The molecule has 0 bridgehead atoms. The second-order valence-corrected chi connectivity index (χ2v) is 4.54. The maximum atomic E-state index is 11.4. The molecule has 0 saturated heterocycles. The Labute approximate surface area is 127 Å². The number of carbonyl (C=O) groups is 1. The van der Waals surface area contributed by atoms with E-state index in [2.05, 4.69) is 4.74 Å². The van der Waals surface area contributed by atoms with Gasteiger partial charge in [-0.25, -0.2) is 4.79 Å². The van der Waals surface area contributed by atoms with E-state index < -0.39 is 4.92 Å². The minimum atomic E-state index is -0.456. The van der Waals surface area contributed by atoms with Gasteiger partial charge in [-0.1, -0.05) is 12.1 Å². The third kappa shape index (κ3) is 4.05. The van der Waals surface area contributed by atoms with Crippen LogP contribution in [-0.4, -0.2) is 24.6 Å². The van der Waals surface area contributed by atoms with Gasteiger partial charge in [-0.3, -0.25) is 10.1 Å². The minimum Gasteiger partial charge on any atom is -0.493 e. The quantitative estimate of drug-likeness (QED) is 0.465. The van der Waals surface area contributed by atoms with Crippen molar-refractivity contribution in [2.24, 2.45) is 0 Å². The van der Waals surface area contributed by atoms with Crippen molar-refractivity contribution in [1.29, 1.82) is 0 Å². The van der Waals surface area contributed by atoms with Crippen molar-refractivity contribution in [3.63, 3.8) is 0 Å². The molecule has 0 N–H and O–H groups in total. The van der Waals surface area contributed by atoms with Crippen LogP contribution in [0, 0.1) is 10.1 Å². The van der Waals surface area contributed by atoms with E-state index in [1.807, 2.05) is 6.07 Å². The number of ether oxygens (including phenoxy) is 2. The van der Waals surface area contributed by atoms with Crippen LogP contribution in [0.2, 0.25) is 0 Å². The number of hydrogen-bond acceptors (Lipinski definition) is 5. The van der Waals surface area contributed by atoms with Gasteiger partial charge in [0.05, 0.1) is 24.2 Å². The van der Waals surface area contributed by atoms with E-state index in [1.165, 1.54) is 19.2 Å². The van der Waals surface area contributed by atoms with Gasteiger partial charge in [-0.15, -0.1) is 0 Å². The Morgan fingerprint density at radius 1 is 1.18 bits per heavy atom. The van der Waals surface area contributed by atoms with E-state index in [4.69, 9.17) is 4.74 Å². The molecule has 0 aliphatic heterocycles. The first-order chi connectivity index (χ1) is 10.6. The molecule has 2 rings (SSSR count). The Kier molecular flexibility index (Phi) is 5.08. The van der Waals surface area contributed by atoms with E-state index in [0.29, 0.717) is 24.3 Å². The Morgan fingerprint density at radius 2 is 1.91 bits per heavy atom. The molecule has 2 aromatic carbocycles. The van der Waals surface area contributed by atoms with Crippen molar-refractivity contribution in [2.45, 2.75) is 6.42 Å². The van der Waals surface area contributed by atoms with E-state index in [-0.39, 0.29) is 11.7 Å². The maximum Gasteiger partial charge on any atom is 0.337 e. The number of nitro benzene ring substituents is 1. The average Bonchev–Trinajstić information content (AvgIpc) is 2.55. The second-order valence-electron chi connectivity index (χ2n) is 4.54. The number of methoxy groups -OCH3 is 1. The van der Waals surface area contributed by atoms with Gasteiger partial charge >= 0.3 is 5.97 Å². The number of non-ortho nitro benzene ring substituents is 1. The lowest BCUT2D eigenvalue weighted by Gasteiger charge is -2.07. The van der Waals surface area contributed by atoms with E-state index in [9.17, 15) is 14.9 Å². The number of esters is 1. The van der Waals surface area contributed by atoms with Gasteiger partial charge in [0.2, 0.25) is 0 Å². The highest BCUT2D eigenvalue weighted by Gasteiger charge is 2.06. The highest BCUT2D eigenvalue weighted by atomic mass is 16.6. The molecule has 22 heavy (non-hydrogen) atoms. The SMILES string of the molecule is COC(=O)c1cccc(CCOc2ccc([N+](=O)[O-])cc2)c1. The number of carbonyl (C=O) groups excluding carboxylic acids is 1. The van der Waals surface area contributed by atoms with E-state index >= 15 is 0 Å². The third-order valence-corrected chi connectivity index (χ3v) is 3.06. The van der Waals surface area contributed by atoms with Gasteiger partial charge in [0.1, 0.15) is 5.75 Å². The predicted molar refractivity (Wildman–Crippen MR) is 80.1 cm³/mol. The predicted octanol–water partition coefficient (Wildman–Crippen LogP) is 3.00. The molecule has 0 radical (unpaired) electrons. The molecule has 114 valence electrons. The van der Waals surface area contributed by atoms with Crippen molar-refractivity contribution < 1.29 is 19.2 Å². The topological polar surface area (TPSA) is 78.7 Å². The molecule has 6 heteroatoms. The third-order valence-electron chi connectivity index (χ3n) is 3.06. The van der Waals surface area contributed by atoms with Crippen molar-refractivity contribution in [3.8, 4) is 5.75 Å². The Balaban J connectivity index is 1.91. The summed E-state index contributed by atoms with van der Waals surface area (Å²) in [6.07, 6.45) is 0.613. The highest BCUT2D eigenvalue weighted by Crippen LogP contribution is 2.17. The van der Waals surface area contributed by atoms with Gasteiger partial charge in [0, 0.05) is 18.6 Å². The summed E-state index contributed by atoms with van der Waals surface area (Å²) in [5.74, 6) is 0.188. The summed E-state index contributed by atoms with van der Waals surface area (Å²) >= 11 is 0. The van der Waals surface area contributed by atoms with Gasteiger partial charge < -0.3 is 9.47 Å². The zero-order valence-corrected chi connectivity index (χ0v) is 12.0. The molecule has 2 aromatic rings. The Hall–Kier alpha value is -2.89. The molecule has 0 aromatic heterocycles. The molecule has 0 atom stereocenters. The van der Waals surface area contributed by atoms with Crippen molar-refractivity contribution in [2.75, 3.05) is 13.7 Å². The van der Waals surface area contributed by atoms with Gasteiger partial charge in [-0.05, 0) is 29.8 Å². The summed E-state index contributed by atoms with van der Waals surface area (Å²) in [7, 11) is 1.34. The fraction of sp³-hybridized carbons (Fsp3) is 0.188. The van der Waals surface area contributed by atoms with Gasteiger partial charge in [-0.2, -0.15) is 0 Å². The van der Waals surface area contributed by atoms with Crippen LogP contribution in [0.1, 0.15) is 15.9 Å². The highest BCUT2D eigenvalue weighted by molar-refractivity contribution is 5.89. The Bertz CT molecular complexity index is 666.